The molecule has 1 aliphatic heterocycles. The van der Waals surface area contributed by atoms with Crippen LogP contribution in [0.2, 0.25) is 0 Å². The first-order valence-corrected chi connectivity index (χ1v) is 9.11. The number of pyridine rings is 2. The molecule has 3 aromatic rings. The van der Waals surface area contributed by atoms with Gasteiger partial charge in [-0.25, -0.2) is 4.98 Å². The molecule has 7 nitrogen and oxygen atoms in total. The van der Waals surface area contributed by atoms with Gasteiger partial charge in [0.15, 0.2) is 0 Å². The van der Waals surface area contributed by atoms with E-state index in [9.17, 15) is 9.59 Å². The number of amides is 2. The van der Waals surface area contributed by atoms with Crippen LogP contribution in [0, 0.1) is 5.92 Å². The zero-order valence-corrected chi connectivity index (χ0v) is 15.4. The second-order valence-electron chi connectivity index (χ2n) is 6.84. The lowest BCUT2D eigenvalue weighted by molar-refractivity contribution is -0.119. The summed E-state index contributed by atoms with van der Waals surface area (Å²) >= 11 is 0. The molecular formula is C21H20N4O3. The van der Waals surface area contributed by atoms with Gasteiger partial charge in [-0.2, -0.15) is 0 Å². The number of rotatable bonds is 5. The van der Waals surface area contributed by atoms with E-state index in [4.69, 9.17) is 4.74 Å². The van der Waals surface area contributed by atoms with Gasteiger partial charge in [0.25, 0.3) is 0 Å². The second kappa shape index (κ2) is 7.64. The minimum atomic E-state index is -0.161. The molecule has 1 atom stereocenters. The molecule has 0 saturated carbocycles. The molecule has 0 spiro atoms. The monoisotopic (exact) mass is 376 g/mol. The van der Waals surface area contributed by atoms with E-state index in [0.717, 1.165) is 27.8 Å². The van der Waals surface area contributed by atoms with Crippen LogP contribution in [0.1, 0.15) is 13.3 Å². The number of aromatic nitrogens is 2. The fourth-order valence-corrected chi connectivity index (χ4v) is 3.24. The van der Waals surface area contributed by atoms with Crippen molar-refractivity contribution >= 4 is 28.5 Å². The topological polar surface area (TPSA) is 93.2 Å². The highest BCUT2D eigenvalue weighted by Crippen LogP contribution is 2.32. The summed E-state index contributed by atoms with van der Waals surface area (Å²) in [6, 6.07) is 11.4. The van der Waals surface area contributed by atoms with E-state index in [2.05, 4.69) is 20.6 Å². The normalized spacial score (nSPS) is 16.0. The first-order valence-electron chi connectivity index (χ1n) is 9.11. The van der Waals surface area contributed by atoms with Gasteiger partial charge in [0.2, 0.25) is 11.8 Å². The van der Waals surface area contributed by atoms with E-state index < -0.39 is 0 Å². The van der Waals surface area contributed by atoms with Gasteiger partial charge in [-0.3, -0.25) is 14.6 Å². The van der Waals surface area contributed by atoms with Crippen molar-refractivity contribution in [3.05, 3.63) is 48.8 Å². The van der Waals surface area contributed by atoms with Crippen LogP contribution in [-0.4, -0.2) is 34.9 Å². The van der Waals surface area contributed by atoms with Gasteiger partial charge in [0.05, 0.1) is 12.1 Å². The number of fused-ring (bicyclic) bond motifs is 1. The van der Waals surface area contributed by atoms with Crippen molar-refractivity contribution in [2.45, 2.75) is 13.3 Å². The lowest BCUT2D eigenvalue weighted by Crippen LogP contribution is -2.16. The van der Waals surface area contributed by atoms with Gasteiger partial charge < -0.3 is 15.4 Å². The number of hydrogen-bond acceptors (Lipinski definition) is 5. The summed E-state index contributed by atoms with van der Waals surface area (Å²) in [5, 5.41) is 6.41. The van der Waals surface area contributed by atoms with Gasteiger partial charge in [0, 0.05) is 49.2 Å². The number of nitrogens with one attached hydrogen (secondary N) is 2. The molecule has 0 bridgehead atoms. The molecule has 0 radical (unpaired) electrons. The number of benzene rings is 1. The molecule has 7 heteroatoms. The van der Waals surface area contributed by atoms with E-state index in [0.29, 0.717) is 25.4 Å². The number of ether oxygens (including phenoxy) is 1. The maximum Gasteiger partial charge on any atom is 0.222 e. The second-order valence-corrected chi connectivity index (χ2v) is 6.84. The minimum absolute atomic E-state index is 0.0687. The largest absolute Gasteiger partial charge is 0.492 e. The van der Waals surface area contributed by atoms with Gasteiger partial charge in [-0.1, -0.05) is 0 Å². The third kappa shape index (κ3) is 3.93. The van der Waals surface area contributed by atoms with E-state index in [1.54, 1.807) is 18.5 Å². The van der Waals surface area contributed by atoms with Crippen molar-refractivity contribution in [2.24, 2.45) is 5.92 Å². The maximum absolute atomic E-state index is 11.4. The molecule has 1 aliphatic rings. The Labute approximate surface area is 162 Å². The molecule has 142 valence electrons. The summed E-state index contributed by atoms with van der Waals surface area (Å²) < 4.78 is 6.08. The third-order valence-electron chi connectivity index (χ3n) is 4.62. The van der Waals surface area contributed by atoms with Crippen molar-refractivity contribution in [3.63, 3.8) is 0 Å². The SMILES string of the molecule is CC(=O)Nc1ccc(-c2cc(OCC3CNC(=O)C3)c3cccnc3c2)cn1. The lowest BCUT2D eigenvalue weighted by atomic mass is 10.0. The molecule has 2 amide bonds. The molecule has 1 aromatic carbocycles. The van der Waals surface area contributed by atoms with Crippen molar-refractivity contribution in [2.75, 3.05) is 18.5 Å². The van der Waals surface area contributed by atoms with Crippen LogP contribution in [-0.2, 0) is 9.59 Å². The van der Waals surface area contributed by atoms with Crippen molar-refractivity contribution in [3.8, 4) is 16.9 Å². The molecule has 28 heavy (non-hydrogen) atoms. The Bertz CT molecular complexity index is 1030. The Hall–Kier alpha value is -3.48. The quantitative estimate of drug-likeness (QED) is 0.714. The van der Waals surface area contributed by atoms with Crippen molar-refractivity contribution in [1.29, 1.82) is 0 Å². The summed E-state index contributed by atoms with van der Waals surface area (Å²) in [5.41, 5.74) is 2.63. The Morgan fingerprint density at radius 3 is 2.86 bits per heavy atom. The Kier molecular flexibility index (Phi) is 4.89. The first kappa shape index (κ1) is 17.9. The fraction of sp³-hybridized carbons (Fsp3) is 0.238. The Morgan fingerprint density at radius 1 is 1.25 bits per heavy atom. The number of carbonyl (C=O) groups is 2. The van der Waals surface area contributed by atoms with Crippen molar-refractivity contribution < 1.29 is 14.3 Å². The first-order chi connectivity index (χ1) is 13.6. The van der Waals surface area contributed by atoms with Crippen LogP contribution in [0.4, 0.5) is 5.82 Å². The molecular weight excluding hydrogens is 356 g/mol. The highest BCUT2D eigenvalue weighted by Gasteiger charge is 2.22. The average Bonchev–Trinajstić information content (AvgIpc) is 3.11. The molecule has 2 N–H and O–H groups in total. The Balaban J connectivity index is 1.63. The zero-order chi connectivity index (χ0) is 19.5. The predicted molar refractivity (Wildman–Crippen MR) is 106 cm³/mol. The summed E-state index contributed by atoms with van der Waals surface area (Å²) in [7, 11) is 0. The molecule has 1 fully saturated rings. The van der Waals surface area contributed by atoms with Crippen LogP contribution in [0.5, 0.6) is 5.75 Å². The van der Waals surface area contributed by atoms with Crippen LogP contribution in [0.3, 0.4) is 0 Å². The van der Waals surface area contributed by atoms with E-state index >= 15 is 0 Å². The van der Waals surface area contributed by atoms with Crippen molar-refractivity contribution in [1.82, 2.24) is 15.3 Å². The van der Waals surface area contributed by atoms with Crippen LogP contribution in [0.15, 0.2) is 48.8 Å². The summed E-state index contributed by atoms with van der Waals surface area (Å²) in [5.74, 6) is 1.31. The van der Waals surface area contributed by atoms with Gasteiger partial charge in [-0.15, -0.1) is 0 Å². The molecule has 3 heterocycles. The van der Waals surface area contributed by atoms with Gasteiger partial charge in [0.1, 0.15) is 11.6 Å². The highest BCUT2D eigenvalue weighted by molar-refractivity contribution is 5.90. The zero-order valence-electron chi connectivity index (χ0n) is 15.4. The van der Waals surface area contributed by atoms with Crippen LogP contribution >= 0.6 is 0 Å². The molecule has 4 rings (SSSR count). The van der Waals surface area contributed by atoms with E-state index in [1.165, 1.54) is 6.92 Å². The number of anilines is 1. The summed E-state index contributed by atoms with van der Waals surface area (Å²) in [4.78, 5) is 31.3. The smallest absolute Gasteiger partial charge is 0.222 e. The molecule has 0 aliphatic carbocycles. The number of nitrogens with zero attached hydrogens (tertiary/aromatic N) is 2. The maximum atomic E-state index is 11.4. The fourth-order valence-electron chi connectivity index (χ4n) is 3.24. The van der Waals surface area contributed by atoms with E-state index in [-0.39, 0.29) is 17.7 Å². The third-order valence-corrected chi connectivity index (χ3v) is 4.62. The van der Waals surface area contributed by atoms with Crippen LogP contribution < -0.4 is 15.4 Å². The van der Waals surface area contributed by atoms with Gasteiger partial charge in [-0.05, 0) is 42.0 Å². The molecule has 2 aromatic heterocycles. The Morgan fingerprint density at radius 2 is 2.14 bits per heavy atom. The standard InChI is InChI=1S/C21H20N4O3/c1-13(26)25-20-5-4-15(11-23-20)16-8-18-17(3-2-6-22-18)19(9-16)28-12-14-7-21(27)24-10-14/h2-6,8-9,11,14H,7,10,12H2,1H3,(H,24,27)(H,23,25,26). The summed E-state index contributed by atoms with van der Waals surface area (Å²) in [6.07, 6.45) is 3.94. The number of carbonyl (C=O) groups excluding carboxylic acids is 2. The minimum Gasteiger partial charge on any atom is -0.492 e. The van der Waals surface area contributed by atoms with Gasteiger partial charge >= 0.3 is 0 Å². The molecule has 1 unspecified atom stereocenters. The number of hydrogen-bond donors (Lipinski definition) is 2. The highest BCUT2D eigenvalue weighted by atomic mass is 16.5. The van der Waals surface area contributed by atoms with E-state index in [1.807, 2.05) is 30.3 Å². The molecule has 1 saturated heterocycles. The average molecular weight is 376 g/mol. The lowest BCUT2D eigenvalue weighted by Gasteiger charge is -2.14. The summed E-state index contributed by atoms with van der Waals surface area (Å²) in [6.45, 7) is 2.55. The van der Waals surface area contributed by atoms with Crippen LogP contribution in [0.25, 0.3) is 22.0 Å². The predicted octanol–water partition coefficient (Wildman–Crippen LogP) is 2.77.